The molecule has 1 aromatic carbocycles. The average molecular weight is 322 g/mol. The zero-order valence-electron chi connectivity index (χ0n) is 10.5. The quantitative estimate of drug-likeness (QED) is 0.944. The van der Waals surface area contributed by atoms with Gasteiger partial charge in [-0.25, -0.2) is 0 Å². The van der Waals surface area contributed by atoms with E-state index in [0.717, 1.165) is 10.0 Å². The van der Waals surface area contributed by atoms with Gasteiger partial charge in [0.1, 0.15) is 5.75 Å². The van der Waals surface area contributed by atoms with E-state index in [2.05, 4.69) is 31.4 Å². The highest BCUT2D eigenvalue weighted by atomic mass is 79.9. The topological polar surface area (TPSA) is 64.1 Å². The Labute approximate surface area is 119 Å². The van der Waals surface area contributed by atoms with Gasteiger partial charge in [0, 0.05) is 17.6 Å². The number of ether oxygens (including phenoxy) is 1. The number of amides is 1. The molecule has 1 aromatic heterocycles. The van der Waals surface area contributed by atoms with Crippen molar-refractivity contribution in [2.24, 2.45) is 0 Å². The number of carbonyl (C=O) groups is 1. The maximum absolute atomic E-state index is 11.3. The molecule has 0 saturated heterocycles. The summed E-state index contributed by atoms with van der Waals surface area (Å²) < 4.78 is 6.59. The lowest BCUT2D eigenvalue weighted by molar-refractivity contribution is 0.0957. The Hall–Kier alpha value is -1.95. The van der Waals surface area contributed by atoms with Crippen molar-refractivity contribution in [1.82, 2.24) is 15.5 Å². The third-order valence-electron chi connectivity index (χ3n) is 2.45. The van der Waals surface area contributed by atoms with Crippen LogP contribution in [0.1, 0.15) is 16.1 Å². The smallest absolute Gasteiger partial charge is 0.271 e. The maximum atomic E-state index is 11.3. The summed E-state index contributed by atoms with van der Waals surface area (Å²) in [5.74, 6) is 0.766. The van der Waals surface area contributed by atoms with Crippen LogP contribution < -0.4 is 10.1 Å². The van der Waals surface area contributed by atoms with Gasteiger partial charge < -0.3 is 10.1 Å². The lowest BCUT2D eigenvalue weighted by Crippen LogP contribution is -2.19. The number of hydrogen-bond acceptors (Lipinski definition) is 4. The molecule has 1 amide bonds. The lowest BCUT2D eigenvalue weighted by Gasteiger charge is -2.07. The molecule has 0 unspecified atom stereocenters. The number of nitrogens with zero attached hydrogens (tertiary/aromatic N) is 2. The molecule has 19 heavy (non-hydrogen) atoms. The van der Waals surface area contributed by atoms with E-state index < -0.39 is 0 Å². The summed E-state index contributed by atoms with van der Waals surface area (Å²) in [6.07, 6.45) is 0. The van der Waals surface area contributed by atoms with Crippen molar-refractivity contribution in [2.75, 3.05) is 7.05 Å². The fraction of sp³-hybridized carbons (Fsp3) is 0.154. The summed E-state index contributed by atoms with van der Waals surface area (Å²) in [7, 11) is 1.54. The monoisotopic (exact) mass is 321 g/mol. The summed E-state index contributed by atoms with van der Waals surface area (Å²) in [6, 6.07) is 8.85. The number of benzene rings is 1. The number of halogens is 1. The first-order chi connectivity index (χ1) is 9.10. The van der Waals surface area contributed by atoms with Gasteiger partial charge in [0.25, 0.3) is 5.91 Å². The molecule has 6 heteroatoms. The van der Waals surface area contributed by atoms with Gasteiger partial charge in [0.05, 0.1) is 0 Å². The molecule has 2 rings (SSSR count). The third kappa shape index (κ3) is 3.29. The number of hydrogen-bond donors (Lipinski definition) is 1. The Morgan fingerprint density at radius 3 is 2.63 bits per heavy atom. The molecule has 0 spiro atoms. The highest BCUT2D eigenvalue weighted by Crippen LogP contribution is 2.25. The van der Waals surface area contributed by atoms with Gasteiger partial charge >= 0.3 is 0 Å². The summed E-state index contributed by atoms with van der Waals surface area (Å²) in [6.45, 7) is 1.94. The molecule has 1 N–H and O–H groups in total. The first kappa shape index (κ1) is 13.5. The number of aromatic nitrogens is 2. The Morgan fingerprint density at radius 1 is 1.26 bits per heavy atom. The van der Waals surface area contributed by atoms with Gasteiger partial charge in [-0.1, -0.05) is 15.9 Å². The van der Waals surface area contributed by atoms with E-state index in [1.54, 1.807) is 19.2 Å². The van der Waals surface area contributed by atoms with Crippen molar-refractivity contribution < 1.29 is 9.53 Å². The molecule has 0 radical (unpaired) electrons. The van der Waals surface area contributed by atoms with Gasteiger partial charge in [-0.15, -0.1) is 10.2 Å². The summed E-state index contributed by atoms with van der Waals surface area (Å²) in [5.41, 5.74) is 1.23. The Balaban J connectivity index is 2.17. The SMILES string of the molecule is CNC(=O)c1ccc(Oc2ccc(Br)cc2C)nn1. The zero-order chi connectivity index (χ0) is 13.8. The van der Waals surface area contributed by atoms with Crippen molar-refractivity contribution in [3.8, 4) is 11.6 Å². The first-order valence-electron chi connectivity index (χ1n) is 5.60. The van der Waals surface area contributed by atoms with Crippen LogP contribution in [-0.4, -0.2) is 23.2 Å². The molecule has 0 aliphatic rings. The third-order valence-corrected chi connectivity index (χ3v) is 2.94. The second-order valence-electron chi connectivity index (χ2n) is 3.85. The van der Waals surface area contributed by atoms with E-state index in [1.165, 1.54) is 0 Å². The molecule has 5 nitrogen and oxygen atoms in total. The van der Waals surface area contributed by atoms with Gasteiger partial charge in [-0.2, -0.15) is 0 Å². The van der Waals surface area contributed by atoms with Crippen LogP contribution in [0.3, 0.4) is 0 Å². The lowest BCUT2D eigenvalue weighted by atomic mass is 10.2. The van der Waals surface area contributed by atoms with Crippen LogP contribution in [-0.2, 0) is 0 Å². The zero-order valence-corrected chi connectivity index (χ0v) is 12.1. The van der Waals surface area contributed by atoms with Crippen molar-refractivity contribution in [3.63, 3.8) is 0 Å². The van der Waals surface area contributed by atoms with Crippen LogP contribution in [0.5, 0.6) is 11.6 Å². The van der Waals surface area contributed by atoms with E-state index in [9.17, 15) is 4.79 Å². The summed E-state index contributed by atoms with van der Waals surface area (Å²) in [4.78, 5) is 11.3. The van der Waals surface area contributed by atoms with Crippen LogP contribution in [0.25, 0.3) is 0 Å². The number of nitrogens with one attached hydrogen (secondary N) is 1. The number of rotatable bonds is 3. The molecule has 0 fully saturated rings. The van der Waals surface area contributed by atoms with Crippen LogP contribution in [0.15, 0.2) is 34.8 Å². The van der Waals surface area contributed by atoms with E-state index in [1.807, 2.05) is 25.1 Å². The number of aryl methyl sites for hydroxylation is 1. The van der Waals surface area contributed by atoms with E-state index in [4.69, 9.17) is 4.74 Å². The van der Waals surface area contributed by atoms with Gasteiger partial charge in [-0.3, -0.25) is 4.79 Å². The van der Waals surface area contributed by atoms with Crippen LogP contribution in [0.2, 0.25) is 0 Å². The number of carbonyl (C=O) groups excluding carboxylic acids is 1. The first-order valence-corrected chi connectivity index (χ1v) is 6.39. The molecule has 0 aliphatic carbocycles. The predicted molar refractivity (Wildman–Crippen MR) is 74.4 cm³/mol. The van der Waals surface area contributed by atoms with E-state index >= 15 is 0 Å². The molecule has 0 aliphatic heterocycles. The van der Waals surface area contributed by atoms with Gasteiger partial charge in [0.2, 0.25) is 5.88 Å². The van der Waals surface area contributed by atoms with Crippen molar-refractivity contribution in [3.05, 3.63) is 46.1 Å². The largest absolute Gasteiger partial charge is 0.437 e. The minimum Gasteiger partial charge on any atom is -0.437 e. The second kappa shape index (κ2) is 5.79. The van der Waals surface area contributed by atoms with Crippen LogP contribution >= 0.6 is 15.9 Å². The summed E-state index contributed by atoms with van der Waals surface area (Å²) >= 11 is 3.39. The van der Waals surface area contributed by atoms with Gasteiger partial charge in [-0.05, 0) is 36.8 Å². The van der Waals surface area contributed by atoms with Crippen LogP contribution in [0, 0.1) is 6.92 Å². The van der Waals surface area contributed by atoms with Crippen LogP contribution in [0.4, 0.5) is 0 Å². The normalized spacial score (nSPS) is 10.1. The highest BCUT2D eigenvalue weighted by molar-refractivity contribution is 9.10. The molecule has 1 heterocycles. The predicted octanol–water partition coefficient (Wildman–Crippen LogP) is 2.70. The highest BCUT2D eigenvalue weighted by Gasteiger charge is 2.07. The molecule has 0 atom stereocenters. The van der Waals surface area contributed by atoms with Crippen molar-refractivity contribution >= 4 is 21.8 Å². The molecule has 98 valence electrons. The van der Waals surface area contributed by atoms with Crippen molar-refractivity contribution in [2.45, 2.75) is 6.92 Å². The Morgan fingerprint density at radius 2 is 2.05 bits per heavy atom. The average Bonchev–Trinajstić information content (AvgIpc) is 2.42. The molecule has 0 bridgehead atoms. The minimum atomic E-state index is -0.279. The van der Waals surface area contributed by atoms with E-state index in [0.29, 0.717) is 11.6 Å². The standard InChI is InChI=1S/C13H12BrN3O2/c1-8-7-9(14)3-5-11(8)19-12-6-4-10(16-17-12)13(18)15-2/h3-7H,1-2H3,(H,15,18). The van der Waals surface area contributed by atoms with Crippen molar-refractivity contribution in [1.29, 1.82) is 0 Å². The molecule has 0 saturated carbocycles. The minimum absolute atomic E-state index is 0.252. The summed E-state index contributed by atoms with van der Waals surface area (Å²) in [5, 5.41) is 10.1. The maximum Gasteiger partial charge on any atom is 0.271 e. The molecular weight excluding hydrogens is 310 g/mol. The van der Waals surface area contributed by atoms with E-state index in [-0.39, 0.29) is 11.6 Å². The fourth-order valence-corrected chi connectivity index (χ4v) is 1.94. The second-order valence-corrected chi connectivity index (χ2v) is 4.76. The molecule has 2 aromatic rings. The fourth-order valence-electron chi connectivity index (χ4n) is 1.46. The van der Waals surface area contributed by atoms with Gasteiger partial charge in [0.15, 0.2) is 5.69 Å². The molecular formula is C13H12BrN3O2. The Bertz CT molecular complexity index is 599. The Kier molecular flexibility index (Phi) is 4.11.